The molecule has 2 rings (SSSR count). The Labute approximate surface area is 115 Å². The van der Waals surface area contributed by atoms with E-state index in [1.54, 1.807) is 7.11 Å². The first kappa shape index (κ1) is 13.9. The molecule has 1 N–H and O–H groups in total. The topological polar surface area (TPSA) is 38.3 Å². The van der Waals surface area contributed by atoms with Gasteiger partial charge in [0.05, 0.1) is 13.5 Å². The van der Waals surface area contributed by atoms with E-state index in [-0.39, 0.29) is 5.91 Å². The van der Waals surface area contributed by atoms with Crippen LogP contribution < -0.4 is 10.1 Å². The van der Waals surface area contributed by atoms with Crippen LogP contribution in [0.25, 0.3) is 0 Å². The van der Waals surface area contributed by atoms with Gasteiger partial charge in [0.25, 0.3) is 0 Å². The molecule has 0 heterocycles. The largest absolute Gasteiger partial charge is 0.496 e. The lowest BCUT2D eigenvalue weighted by Gasteiger charge is -2.29. The van der Waals surface area contributed by atoms with E-state index in [0.717, 1.165) is 17.7 Å². The van der Waals surface area contributed by atoms with Crippen LogP contribution in [0.1, 0.15) is 38.2 Å². The third kappa shape index (κ3) is 3.72. The highest BCUT2D eigenvalue weighted by Crippen LogP contribution is 2.24. The molecule has 19 heavy (non-hydrogen) atoms. The molecule has 0 radical (unpaired) electrons. The molecular weight excluding hydrogens is 238 g/mol. The molecule has 0 bridgehead atoms. The lowest BCUT2D eigenvalue weighted by molar-refractivity contribution is -0.121. The Morgan fingerprint density at radius 2 is 2.05 bits per heavy atom. The lowest BCUT2D eigenvalue weighted by Crippen LogP contribution is -2.41. The summed E-state index contributed by atoms with van der Waals surface area (Å²) in [6, 6.07) is 8.04. The molecule has 1 saturated carbocycles. The maximum absolute atomic E-state index is 12.1. The van der Waals surface area contributed by atoms with Crippen LogP contribution in [-0.2, 0) is 11.2 Å². The summed E-state index contributed by atoms with van der Waals surface area (Å²) in [5.74, 6) is 1.48. The fourth-order valence-corrected chi connectivity index (χ4v) is 2.81. The molecule has 0 spiro atoms. The van der Waals surface area contributed by atoms with Crippen molar-refractivity contribution in [3.8, 4) is 5.75 Å². The van der Waals surface area contributed by atoms with Gasteiger partial charge in [-0.05, 0) is 24.8 Å². The van der Waals surface area contributed by atoms with Gasteiger partial charge in [0.1, 0.15) is 5.75 Å². The Bertz CT molecular complexity index is 431. The van der Waals surface area contributed by atoms with E-state index in [9.17, 15) is 4.79 Å². The number of rotatable bonds is 4. The van der Waals surface area contributed by atoms with Gasteiger partial charge in [-0.1, -0.05) is 38.0 Å². The first-order valence-electron chi connectivity index (χ1n) is 7.12. The number of hydrogen-bond donors (Lipinski definition) is 1. The fraction of sp³-hybridized carbons (Fsp3) is 0.562. The fourth-order valence-electron chi connectivity index (χ4n) is 2.81. The SMILES string of the molecule is COc1ccccc1CC(=O)N[C@@H]1CCCC[C@H]1C. The first-order chi connectivity index (χ1) is 9.20. The zero-order valence-electron chi connectivity index (χ0n) is 11.8. The van der Waals surface area contributed by atoms with Gasteiger partial charge >= 0.3 is 0 Å². The summed E-state index contributed by atoms with van der Waals surface area (Å²) in [5.41, 5.74) is 0.950. The van der Waals surface area contributed by atoms with Gasteiger partial charge in [0.2, 0.25) is 5.91 Å². The Morgan fingerprint density at radius 3 is 2.79 bits per heavy atom. The van der Waals surface area contributed by atoms with Gasteiger partial charge in [-0.3, -0.25) is 4.79 Å². The second-order valence-corrected chi connectivity index (χ2v) is 5.42. The van der Waals surface area contributed by atoms with Crippen molar-refractivity contribution in [2.24, 2.45) is 5.92 Å². The van der Waals surface area contributed by atoms with E-state index in [1.807, 2.05) is 24.3 Å². The molecule has 3 nitrogen and oxygen atoms in total. The highest BCUT2D eigenvalue weighted by molar-refractivity contribution is 5.79. The number of hydrogen-bond acceptors (Lipinski definition) is 2. The minimum atomic E-state index is 0.100. The van der Waals surface area contributed by atoms with Crippen molar-refractivity contribution in [1.82, 2.24) is 5.32 Å². The van der Waals surface area contributed by atoms with E-state index in [2.05, 4.69) is 12.2 Å². The predicted octanol–water partition coefficient (Wildman–Crippen LogP) is 2.93. The smallest absolute Gasteiger partial charge is 0.224 e. The van der Waals surface area contributed by atoms with Crippen molar-refractivity contribution in [3.05, 3.63) is 29.8 Å². The van der Waals surface area contributed by atoms with E-state index >= 15 is 0 Å². The minimum absolute atomic E-state index is 0.100. The van der Waals surface area contributed by atoms with Gasteiger partial charge in [-0.25, -0.2) is 0 Å². The van der Waals surface area contributed by atoms with Crippen LogP contribution in [0.5, 0.6) is 5.75 Å². The lowest BCUT2D eigenvalue weighted by atomic mass is 9.86. The minimum Gasteiger partial charge on any atom is -0.496 e. The Hall–Kier alpha value is -1.51. The first-order valence-corrected chi connectivity index (χ1v) is 7.12. The van der Waals surface area contributed by atoms with Crippen LogP contribution in [-0.4, -0.2) is 19.1 Å². The molecule has 104 valence electrons. The maximum Gasteiger partial charge on any atom is 0.224 e. The number of amides is 1. The summed E-state index contributed by atoms with van der Waals surface area (Å²) in [7, 11) is 1.64. The third-order valence-electron chi connectivity index (χ3n) is 4.00. The summed E-state index contributed by atoms with van der Waals surface area (Å²) in [6.45, 7) is 2.23. The van der Waals surface area contributed by atoms with Crippen LogP contribution in [0.3, 0.4) is 0 Å². The molecule has 2 atom stereocenters. The van der Waals surface area contributed by atoms with Crippen molar-refractivity contribution in [1.29, 1.82) is 0 Å². The second kappa shape index (κ2) is 6.60. The molecule has 0 aromatic heterocycles. The van der Waals surface area contributed by atoms with E-state index in [0.29, 0.717) is 18.4 Å². The van der Waals surface area contributed by atoms with Crippen molar-refractivity contribution < 1.29 is 9.53 Å². The quantitative estimate of drug-likeness (QED) is 0.905. The summed E-state index contributed by atoms with van der Waals surface area (Å²) < 4.78 is 5.28. The number of nitrogens with one attached hydrogen (secondary N) is 1. The predicted molar refractivity (Wildman–Crippen MR) is 76.3 cm³/mol. The molecule has 0 unspecified atom stereocenters. The summed E-state index contributed by atoms with van der Waals surface area (Å²) in [5, 5.41) is 3.17. The van der Waals surface area contributed by atoms with Crippen molar-refractivity contribution in [2.75, 3.05) is 7.11 Å². The van der Waals surface area contributed by atoms with Crippen molar-refractivity contribution in [3.63, 3.8) is 0 Å². The Morgan fingerprint density at radius 1 is 1.32 bits per heavy atom. The van der Waals surface area contributed by atoms with Gasteiger partial charge in [-0.15, -0.1) is 0 Å². The number of methoxy groups -OCH3 is 1. The van der Waals surface area contributed by atoms with Gasteiger partial charge in [-0.2, -0.15) is 0 Å². The molecule has 1 aromatic rings. The van der Waals surface area contributed by atoms with Crippen molar-refractivity contribution in [2.45, 2.75) is 45.1 Å². The molecule has 1 amide bonds. The second-order valence-electron chi connectivity index (χ2n) is 5.42. The Balaban J connectivity index is 1.93. The molecule has 0 saturated heterocycles. The maximum atomic E-state index is 12.1. The van der Waals surface area contributed by atoms with Crippen LogP contribution in [0.2, 0.25) is 0 Å². The summed E-state index contributed by atoms with van der Waals surface area (Å²) in [4.78, 5) is 12.1. The highest BCUT2D eigenvalue weighted by Gasteiger charge is 2.22. The summed E-state index contributed by atoms with van der Waals surface area (Å²) in [6.07, 6.45) is 5.25. The zero-order chi connectivity index (χ0) is 13.7. The van der Waals surface area contributed by atoms with Gasteiger partial charge in [0.15, 0.2) is 0 Å². The normalized spacial score (nSPS) is 22.8. The number of benzene rings is 1. The highest BCUT2D eigenvalue weighted by atomic mass is 16.5. The van der Waals surface area contributed by atoms with Crippen LogP contribution in [0, 0.1) is 5.92 Å². The molecule has 0 aliphatic heterocycles. The number of carbonyl (C=O) groups is 1. The molecule has 1 aliphatic carbocycles. The monoisotopic (exact) mass is 261 g/mol. The van der Waals surface area contributed by atoms with Crippen molar-refractivity contribution >= 4 is 5.91 Å². The van der Waals surface area contributed by atoms with E-state index < -0.39 is 0 Å². The standard InChI is InChI=1S/C16H23NO2/c1-12-7-3-5-9-14(12)17-16(18)11-13-8-4-6-10-15(13)19-2/h4,6,8,10,12,14H,3,5,7,9,11H2,1-2H3,(H,17,18)/t12-,14-/m1/s1. The van der Waals surface area contributed by atoms with Crippen LogP contribution in [0.15, 0.2) is 24.3 Å². The van der Waals surface area contributed by atoms with E-state index in [1.165, 1.54) is 19.3 Å². The zero-order valence-corrected chi connectivity index (χ0v) is 11.8. The average Bonchev–Trinajstić information content (AvgIpc) is 2.42. The molecule has 1 fully saturated rings. The number of ether oxygens (including phenoxy) is 1. The molecular formula is C16H23NO2. The van der Waals surface area contributed by atoms with Gasteiger partial charge in [0, 0.05) is 11.6 Å². The number of carbonyl (C=O) groups excluding carboxylic acids is 1. The van der Waals surface area contributed by atoms with Crippen LogP contribution >= 0.6 is 0 Å². The Kier molecular flexibility index (Phi) is 4.83. The van der Waals surface area contributed by atoms with Gasteiger partial charge < -0.3 is 10.1 Å². The van der Waals surface area contributed by atoms with E-state index in [4.69, 9.17) is 4.74 Å². The van der Waals surface area contributed by atoms with Crippen LogP contribution in [0.4, 0.5) is 0 Å². The third-order valence-corrected chi connectivity index (χ3v) is 4.00. The molecule has 1 aromatic carbocycles. The molecule has 1 aliphatic rings. The average molecular weight is 261 g/mol. The number of para-hydroxylation sites is 1. The summed E-state index contributed by atoms with van der Waals surface area (Å²) >= 11 is 0. The molecule has 3 heteroatoms.